The molecule has 0 bridgehead atoms. The van der Waals surface area contributed by atoms with E-state index in [1.165, 1.54) is 238 Å². The third-order valence-electron chi connectivity index (χ3n) is 14.7. The smallest absolute Gasteiger partial charge is 0.456 e. The minimum Gasteiger partial charge on any atom is -0.456 e. The molecule has 0 fully saturated rings. The molecule has 0 spiro atoms. The summed E-state index contributed by atoms with van der Waals surface area (Å²) >= 11 is 0. The van der Waals surface area contributed by atoms with Gasteiger partial charge in [-0.05, 0) is 31.8 Å². The van der Waals surface area contributed by atoms with Crippen LogP contribution in [-0.4, -0.2) is 74.3 Å². The van der Waals surface area contributed by atoms with Gasteiger partial charge in [0.2, 0.25) is 5.91 Å². The number of amides is 1. The van der Waals surface area contributed by atoms with Gasteiger partial charge in [-0.15, -0.1) is 0 Å². The van der Waals surface area contributed by atoms with Gasteiger partial charge in [-0.2, -0.15) is 0 Å². The van der Waals surface area contributed by atoms with Crippen LogP contribution in [0.15, 0.2) is 12.2 Å². The summed E-state index contributed by atoms with van der Waals surface area (Å²) in [5, 5.41) is 3.07. The Morgan fingerprint density at radius 2 is 0.781 bits per heavy atom. The summed E-state index contributed by atoms with van der Waals surface area (Å²) in [4.78, 5) is 37.7. The van der Waals surface area contributed by atoms with Crippen molar-refractivity contribution in [3.8, 4) is 0 Å². The number of likely N-dealkylation sites (N-methyl/N-ethyl adjacent to an activating group) is 1. The highest BCUT2D eigenvalue weighted by molar-refractivity contribution is 7.47. The number of nitrogens with one attached hydrogen (secondary N) is 1. The van der Waals surface area contributed by atoms with Gasteiger partial charge in [0.15, 0.2) is 0 Å². The highest BCUT2D eigenvalue weighted by Gasteiger charge is 2.30. The Labute approximate surface area is 454 Å². The lowest BCUT2D eigenvalue weighted by atomic mass is 10.0. The number of allylic oxidation sites excluding steroid dienone is 1. The van der Waals surface area contributed by atoms with Crippen LogP contribution in [-0.2, 0) is 27.9 Å². The average Bonchev–Trinajstić information content (AvgIpc) is 3.35. The first-order valence-corrected chi connectivity index (χ1v) is 33.5. The van der Waals surface area contributed by atoms with Crippen molar-refractivity contribution in [2.75, 3.05) is 40.9 Å². The number of nitrogens with zero attached hydrogens (tertiary/aromatic N) is 1. The monoisotopic (exact) mass is 1050 g/mol. The van der Waals surface area contributed by atoms with Gasteiger partial charge in [-0.1, -0.05) is 297 Å². The Kier molecular flexibility index (Phi) is 53.2. The van der Waals surface area contributed by atoms with Crippen LogP contribution in [0.25, 0.3) is 0 Å². The third-order valence-corrected chi connectivity index (χ3v) is 15.7. The number of unbranched alkanes of at least 4 members (excludes halogenated alkanes) is 43. The van der Waals surface area contributed by atoms with Crippen LogP contribution in [0, 0.1) is 0 Å². The van der Waals surface area contributed by atoms with E-state index in [2.05, 4.69) is 26.1 Å². The molecule has 3 unspecified atom stereocenters. The van der Waals surface area contributed by atoms with Crippen LogP contribution in [0.4, 0.5) is 0 Å². The lowest BCUT2D eigenvalue weighted by molar-refractivity contribution is -0.870. The maximum absolute atomic E-state index is 13.5. The summed E-state index contributed by atoms with van der Waals surface area (Å²) in [6.07, 6.45) is 62.1. The fourth-order valence-corrected chi connectivity index (χ4v) is 10.5. The number of ether oxygens (including phenoxy) is 1. The summed E-state index contributed by atoms with van der Waals surface area (Å²) in [6.45, 7) is 7.07. The van der Waals surface area contributed by atoms with E-state index in [-0.39, 0.29) is 25.1 Å². The van der Waals surface area contributed by atoms with E-state index < -0.39 is 20.0 Å². The van der Waals surface area contributed by atoms with Crippen molar-refractivity contribution in [1.82, 2.24) is 5.32 Å². The maximum Gasteiger partial charge on any atom is 0.472 e. The lowest BCUT2D eigenvalue weighted by Crippen LogP contribution is -2.47. The van der Waals surface area contributed by atoms with E-state index >= 15 is 0 Å². The number of phosphoric acid groups is 1. The summed E-state index contributed by atoms with van der Waals surface area (Å²) in [6, 6.07) is -0.839. The van der Waals surface area contributed by atoms with Crippen molar-refractivity contribution in [2.24, 2.45) is 0 Å². The molecule has 10 heteroatoms. The number of hydrogen-bond donors (Lipinski definition) is 2. The van der Waals surface area contributed by atoms with Gasteiger partial charge in [0, 0.05) is 12.8 Å². The molecule has 0 aromatic rings. The maximum atomic E-state index is 13.5. The molecule has 434 valence electrons. The second-order valence-corrected chi connectivity index (χ2v) is 24.8. The second kappa shape index (κ2) is 54.1. The number of rotatable bonds is 59. The fraction of sp³-hybridized carbons (Fsp3) is 0.937. The number of carbonyl (C=O) groups is 2. The second-order valence-electron chi connectivity index (χ2n) is 23.3. The largest absolute Gasteiger partial charge is 0.472 e. The van der Waals surface area contributed by atoms with E-state index in [1.807, 2.05) is 33.3 Å². The molecule has 0 aliphatic heterocycles. The fourth-order valence-electron chi connectivity index (χ4n) is 9.77. The zero-order valence-corrected chi connectivity index (χ0v) is 50.6. The lowest BCUT2D eigenvalue weighted by Gasteiger charge is -2.27. The van der Waals surface area contributed by atoms with E-state index in [9.17, 15) is 19.0 Å². The topological polar surface area (TPSA) is 111 Å². The minimum absolute atomic E-state index is 0.0458. The van der Waals surface area contributed by atoms with Crippen molar-refractivity contribution in [1.29, 1.82) is 0 Å². The van der Waals surface area contributed by atoms with E-state index in [0.717, 1.165) is 57.8 Å². The summed E-state index contributed by atoms with van der Waals surface area (Å²) < 4.78 is 30.7. The third kappa shape index (κ3) is 55.3. The molecule has 0 aliphatic rings. The molecule has 0 heterocycles. The van der Waals surface area contributed by atoms with Crippen molar-refractivity contribution < 1.29 is 37.3 Å². The van der Waals surface area contributed by atoms with Crippen LogP contribution >= 0.6 is 7.82 Å². The minimum atomic E-state index is -4.44. The van der Waals surface area contributed by atoms with Crippen molar-refractivity contribution in [3.63, 3.8) is 0 Å². The molecule has 0 saturated carbocycles. The van der Waals surface area contributed by atoms with E-state index in [0.29, 0.717) is 23.9 Å². The number of hydrogen-bond acceptors (Lipinski definition) is 6. The standard InChI is InChI=1S/C63H125N2O7P/c1-7-10-13-16-19-22-25-28-30-31-32-33-34-35-36-37-40-43-46-49-52-55-62(66)64-60(59-71-73(68,69)70-58-57-65(4,5)6)61(54-51-48-45-42-39-27-24-21-18-15-12-9-3)72-63(67)56-53-50-47-44-41-38-29-26-23-20-17-14-11-8-2/h51,54,60-61H,7-50,52-53,55-59H2,1-6H3,(H-,64,66,68,69)/p+1/b54-51+. The quantitative estimate of drug-likeness (QED) is 0.0205. The first-order valence-electron chi connectivity index (χ1n) is 32.0. The summed E-state index contributed by atoms with van der Waals surface area (Å²) in [7, 11) is 1.52. The molecule has 3 atom stereocenters. The molecule has 0 radical (unpaired) electrons. The van der Waals surface area contributed by atoms with Crippen LogP contribution < -0.4 is 5.32 Å². The normalized spacial score (nSPS) is 13.7. The SMILES string of the molecule is CCCCCCCCCCCC/C=C/C(OC(=O)CCCCCCCCCCCCCCCC)C(COP(=O)(O)OCC[N+](C)(C)C)NC(=O)CCCCCCCCCCCCCCCCCCCCCCC. The van der Waals surface area contributed by atoms with Gasteiger partial charge in [0.1, 0.15) is 19.3 Å². The van der Waals surface area contributed by atoms with E-state index in [4.69, 9.17) is 13.8 Å². The van der Waals surface area contributed by atoms with Gasteiger partial charge >= 0.3 is 13.8 Å². The Morgan fingerprint density at radius 3 is 1.12 bits per heavy atom. The molecular weight excluding hydrogens is 928 g/mol. The van der Waals surface area contributed by atoms with E-state index in [1.54, 1.807) is 0 Å². The van der Waals surface area contributed by atoms with Crippen molar-refractivity contribution in [3.05, 3.63) is 12.2 Å². The van der Waals surface area contributed by atoms with Gasteiger partial charge in [0.25, 0.3) is 0 Å². The number of esters is 1. The summed E-state index contributed by atoms with van der Waals surface area (Å²) in [5.41, 5.74) is 0. The van der Waals surface area contributed by atoms with Crippen LogP contribution in [0.1, 0.15) is 329 Å². The van der Waals surface area contributed by atoms with Crippen LogP contribution in [0.2, 0.25) is 0 Å². The molecule has 0 aromatic heterocycles. The number of quaternary nitrogens is 1. The Bertz CT molecular complexity index is 1260. The number of phosphoric ester groups is 1. The molecule has 0 saturated heterocycles. The Hall–Kier alpha value is -1.25. The van der Waals surface area contributed by atoms with Crippen LogP contribution in [0.5, 0.6) is 0 Å². The first kappa shape index (κ1) is 71.8. The Balaban J connectivity index is 5.13. The zero-order chi connectivity index (χ0) is 53.6. The molecule has 1 amide bonds. The number of carbonyl (C=O) groups excluding carboxylic acids is 2. The summed E-state index contributed by atoms with van der Waals surface area (Å²) in [5.74, 6) is -0.483. The van der Waals surface area contributed by atoms with Gasteiger partial charge < -0.3 is 19.4 Å². The molecular formula is C63H126N2O7P+. The van der Waals surface area contributed by atoms with Gasteiger partial charge in [-0.3, -0.25) is 18.6 Å². The molecule has 73 heavy (non-hydrogen) atoms. The molecule has 0 aliphatic carbocycles. The molecule has 0 aromatic carbocycles. The molecule has 2 N–H and O–H groups in total. The highest BCUT2D eigenvalue weighted by Crippen LogP contribution is 2.43. The van der Waals surface area contributed by atoms with Crippen molar-refractivity contribution in [2.45, 2.75) is 341 Å². The van der Waals surface area contributed by atoms with Crippen LogP contribution in [0.3, 0.4) is 0 Å². The van der Waals surface area contributed by atoms with Gasteiger partial charge in [-0.25, -0.2) is 4.57 Å². The molecule has 9 nitrogen and oxygen atoms in total. The Morgan fingerprint density at radius 1 is 0.466 bits per heavy atom. The predicted molar refractivity (Wildman–Crippen MR) is 314 cm³/mol. The highest BCUT2D eigenvalue weighted by atomic mass is 31.2. The predicted octanol–water partition coefficient (Wildman–Crippen LogP) is 19.6. The zero-order valence-electron chi connectivity index (χ0n) is 49.7. The molecule has 0 rings (SSSR count). The first-order chi connectivity index (χ1) is 35.4. The van der Waals surface area contributed by atoms with Gasteiger partial charge in [0.05, 0.1) is 33.8 Å². The van der Waals surface area contributed by atoms with Crippen molar-refractivity contribution >= 4 is 19.7 Å². The average molecular weight is 1050 g/mol.